The van der Waals surface area contributed by atoms with Gasteiger partial charge in [0.15, 0.2) is 0 Å². The second-order valence-electron chi connectivity index (χ2n) is 1.56. The van der Waals surface area contributed by atoms with E-state index in [-0.39, 0.29) is 0 Å². The minimum atomic E-state index is -5.55. The molecule has 0 rings (SSSR count). The summed E-state index contributed by atoms with van der Waals surface area (Å²) >= 11 is 0. The van der Waals surface area contributed by atoms with Crippen LogP contribution in [0, 0.1) is 0 Å². The number of rotatable bonds is 2. The highest BCUT2D eigenvalue weighted by molar-refractivity contribution is 5.92. The average Bonchev–Trinajstić information content (AvgIpc) is 1.85. The zero-order valence-electron chi connectivity index (χ0n) is 5.12. The maximum absolute atomic E-state index is 11.8. The lowest BCUT2D eigenvalue weighted by Crippen LogP contribution is -2.37. The molecule has 1 atom stereocenters. The van der Waals surface area contributed by atoms with Crippen LogP contribution in [0.5, 0.6) is 0 Å². The maximum Gasteiger partial charge on any atom is 0.436 e. The Hall–Kier alpha value is -0.860. The number of alkyl halides is 4. The Bertz CT molecular complexity index is 172. The molecule has 0 spiro atoms. The van der Waals surface area contributed by atoms with Crippen LogP contribution >= 0.6 is 0 Å². The van der Waals surface area contributed by atoms with Crippen LogP contribution in [0.25, 0.3) is 0 Å². The van der Waals surface area contributed by atoms with Crippen molar-refractivity contribution in [1.82, 2.24) is 5.34 Å². The Balaban J connectivity index is 4.60. The van der Waals surface area contributed by atoms with Crippen LogP contribution < -0.4 is 0 Å². The first-order valence-corrected chi connectivity index (χ1v) is 2.31. The van der Waals surface area contributed by atoms with Gasteiger partial charge in [0.2, 0.25) is 5.71 Å². The molecule has 0 aliphatic heterocycles. The molecule has 2 nitrogen and oxygen atoms in total. The van der Waals surface area contributed by atoms with E-state index < -0.39 is 23.5 Å². The molecule has 0 bridgehead atoms. The predicted octanol–water partition coefficient (Wildman–Crippen LogP) is 2.24. The van der Waals surface area contributed by atoms with Gasteiger partial charge >= 0.3 is 6.18 Å². The Labute approximate surface area is 61.1 Å². The highest BCUT2D eigenvalue weighted by atomic mass is 19.4. The lowest BCUT2D eigenvalue weighted by Gasteiger charge is -2.11. The molecule has 0 aromatic heterocycles. The monoisotopic (exact) mass is 198 g/mol. The normalized spacial score (nSPS) is 16.8. The summed E-state index contributed by atoms with van der Waals surface area (Å²) in [4.78, 5) is 0. The summed E-state index contributed by atoms with van der Waals surface area (Å²) in [6.45, 7) is 0. The summed E-state index contributed by atoms with van der Waals surface area (Å²) in [7, 11) is 0. The molecule has 0 aliphatic rings. The van der Waals surface area contributed by atoms with Crippen molar-refractivity contribution in [3.05, 3.63) is 0 Å². The minimum absolute atomic E-state index is 0.875. The van der Waals surface area contributed by atoms with Crippen molar-refractivity contribution in [2.45, 2.75) is 12.5 Å². The Morgan fingerprint density at radius 1 is 1.25 bits per heavy atom. The van der Waals surface area contributed by atoms with Crippen molar-refractivity contribution in [3.8, 4) is 0 Å². The largest absolute Gasteiger partial charge is 0.436 e. The number of nitrogens with zero attached hydrogens (tertiary/aromatic N) is 2. The van der Waals surface area contributed by atoms with Crippen LogP contribution in [0.15, 0.2) is 5.21 Å². The molecule has 0 saturated heterocycles. The highest BCUT2D eigenvalue weighted by Gasteiger charge is 2.45. The van der Waals surface area contributed by atoms with Gasteiger partial charge in [0.05, 0.1) is 5.34 Å². The Kier molecular flexibility index (Phi) is 3.43. The van der Waals surface area contributed by atoms with E-state index in [4.69, 9.17) is 0 Å². The number of halogens is 7. The number of hydrogen-bond donors (Lipinski definition) is 0. The molecule has 9 heteroatoms. The maximum atomic E-state index is 11.8. The Morgan fingerprint density at radius 2 is 1.67 bits per heavy atom. The van der Waals surface area contributed by atoms with Gasteiger partial charge < -0.3 is 0 Å². The molecular formula is C3HF7N2. The van der Waals surface area contributed by atoms with Gasteiger partial charge in [0.1, 0.15) is 0 Å². The van der Waals surface area contributed by atoms with E-state index in [1.165, 1.54) is 0 Å². The summed E-state index contributed by atoms with van der Waals surface area (Å²) < 4.78 is 79.1. The lowest BCUT2D eigenvalue weighted by atomic mass is 10.3. The first kappa shape index (κ1) is 11.1. The van der Waals surface area contributed by atoms with Crippen molar-refractivity contribution in [2.75, 3.05) is 0 Å². The SMILES string of the molecule is FN=C(C(F)N(F)F)C(F)(F)F. The van der Waals surface area contributed by atoms with Crippen molar-refractivity contribution in [3.63, 3.8) is 0 Å². The van der Waals surface area contributed by atoms with Crippen LogP contribution in [0.4, 0.5) is 31.0 Å². The second-order valence-corrected chi connectivity index (χ2v) is 1.56. The van der Waals surface area contributed by atoms with Gasteiger partial charge in [-0.25, -0.2) is 4.39 Å². The van der Waals surface area contributed by atoms with Gasteiger partial charge in [-0.2, -0.15) is 13.2 Å². The summed E-state index contributed by atoms with van der Waals surface area (Å²) in [5.74, 6) is 0. The van der Waals surface area contributed by atoms with Crippen LogP contribution in [0.2, 0.25) is 0 Å². The first-order valence-electron chi connectivity index (χ1n) is 2.31. The molecule has 0 N–H and O–H groups in total. The Morgan fingerprint density at radius 3 is 1.75 bits per heavy atom. The summed E-state index contributed by atoms with van der Waals surface area (Å²) in [5, 5.41) is -1.56. The van der Waals surface area contributed by atoms with E-state index in [2.05, 4.69) is 0 Å². The van der Waals surface area contributed by atoms with Gasteiger partial charge in [-0.3, -0.25) is 0 Å². The van der Waals surface area contributed by atoms with Gasteiger partial charge in [0.25, 0.3) is 6.30 Å². The molecule has 12 heavy (non-hydrogen) atoms. The molecule has 0 saturated carbocycles. The standard InChI is InChI=1S/C3HF7N2/c4-2(12(9)10)1(11-8)3(5,6)7/h2H. The smallest absolute Gasteiger partial charge is 0.217 e. The van der Waals surface area contributed by atoms with Gasteiger partial charge in [-0.1, -0.05) is 18.7 Å². The molecular weight excluding hydrogens is 197 g/mol. The van der Waals surface area contributed by atoms with Crippen LogP contribution in [-0.4, -0.2) is 23.5 Å². The quantitative estimate of drug-likeness (QED) is 0.287. The van der Waals surface area contributed by atoms with E-state index in [1.807, 2.05) is 0 Å². The summed E-state index contributed by atoms with van der Waals surface area (Å²) in [5.41, 5.74) is -2.83. The van der Waals surface area contributed by atoms with E-state index in [0.717, 1.165) is 5.21 Å². The van der Waals surface area contributed by atoms with Gasteiger partial charge in [0, 0.05) is 0 Å². The topological polar surface area (TPSA) is 15.6 Å². The van der Waals surface area contributed by atoms with Crippen LogP contribution in [0.1, 0.15) is 0 Å². The summed E-state index contributed by atoms with van der Waals surface area (Å²) in [6.07, 6.45) is -9.46. The fourth-order valence-corrected chi connectivity index (χ4v) is 0.316. The number of hydrogen-bond acceptors (Lipinski definition) is 2. The molecule has 0 heterocycles. The molecule has 0 fully saturated rings. The zero-order valence-corrected chi connectivity index (χ0v) is 5.12. The fourth-order valence-electron chi connectivity index (χ4n) is 0.316. The van der Waals surface area contributed by atoms with Crippen molar-refractivity contribution in [1.29, 1.82) is 0 Å². The summed E-state index contributed by atoms with van der Waals surface area (Å²) in [6, 6.07) is 0. The molecule has 1 unspecified atom stereocenters. The molecule has 0 amide bonds. The third-order valence-electron chi connectivity index (χ3n) is 0.778. The second kappa shape index (κ2) is 3.70. The van der Waals surface area contributed by atoms with Gasteiger partial charge in [-0.05, 0) is 0 Å². The van der Waals surface area contributed by atoms with Crippen molar-refractivity contribution in [2.24, 2.45) is 5.21 Å². The molecule has 0 radical (unpaired) electrons. The van der Waals surface area contributed by atoms with Crippen LogP contribution in [0.3, 0.4) is 0 Å². The van der Waals surface area contributed by atoms with E-state index in [9.17, 15) is 31.0 Å². The predicted molar refractivity (Wildman–Crippen MR) is 23.5 cm³/mol. The minimum Gasteiger partial charge on any atom is -0.217 e. The highest BCUT2D eigenvalue weighted by Crippen LogP contribution is 2.23. The van der Waals surface area contributed by atoms with Gasteiger partial charge in [-0.15, -0.1) is 0 Å². The third kappa shape index (κ3) is 2.64. The zero-order chi connectivity index (χ0) is 9.94. The molecule has 0 aliphatic carbocycles. The fraction of sp³-hybridized carbons (Fsp3) is 0.667. The third-order valence-corrected chi connectivity index (χ3v) is 0.778. The van der Waals surface area contributed by atoms with Crippen molar-refractivity contribution >= 4 is 5.71 Å². The first-order chi connectivity index (χ1) is 5.30. The lowest BCUT2D eigenvalue weighted by molar-refractivity contribution is -0.208. The van der Waals surface area contributed by atoms with Crippen LogP contribution in [-0.2, 0) is 0 Å². The molecule has 72 valence electrons. The van der Waals surface area contributed by atoms with E-state index >= 15 is 0 Å². The molecule has 0 aromatic carbocycles. The van der Waals surface area contributed by atoms with E-state index in [0.29, 0.717) is 0 Å². The molecule has 0 aromatic rings. The van der Waals surface area contributed by atoms with Crippen molar-refractivity contribution < 1.29 is 31.0 Å². The van der Waals surface area contributed by atoms with E-state index in [1.54, 1.807) is 0 Å². The average molecular weight is 198 g/mol.